The van der Waals surface area contributed by atoms with Crippen molar-refractivity contribution in [3.05, 3.63) is 58.6 Å². The van der Waals surface area contributed by atoms with Gasteiger partial charge in [0.2, 0.25) is 0 Å². The number of hydrogen-bond donors (Lipinski definition) is 0. The molecule has 2 atom stereocenters. The molecule has 2 aromatic rings. The van der Waals surface area contributed by atoms with Gasteiger partial charge in [0.1, 0.15) is 11.1 Å². The average molecular weight is 359 g/mol. The van der Waals surface area contributed by atoms with E-state index in [1.807, 2.05) is 0 Å². The highest BCUT2D eigenvalue weighted by atomic mass is 35.5. The normalized spacial score (nSPS) is 20.7. The molecule has 0 aliphatic carbocycles. The Hall–Kier alpha value is -1.66. The first-order chi connectivity index (χ1) is 10.8. The zero-order valence-electron chi connectivity index (χ0n) is 12.1. The fraction of sp³-hybridized carbons (Fsp3) is 0.250. The molecule has 0 aromatic heterocycles. The fourth-order valence-corrected chi connectivity index (χ4v) is 4.73. The fourth-order valence-electron chi connectivity index (χ4n) is 2.71. The number of benzene rings is 2. The van der Waals surface area contributed by atoms with Gasteiger partial charge in [-0.2, -0.15) is 0 Å². The van der Waals surface area contributed by atoms with Gasteiger partial charge in [-0.3, -0.25) is 0 Å². The van der Waals surface area contributed by atoms with Crippen LogP contribution in [0.15, 0.2) is 41.3 Å². The monoisotopic (exact) mass is 358 g/mol. The minimum atomic E-state index is -3.91. The first-order valence-corrected chi connectivity index (χ1v) is 8.87. The topological polar surface area (TPSA) is 43.4 Å². The van der Waals surface area contributed by atoms with Crippen LogP contribution in [0.2, 0.25) is 5.02 Å². The van der Waals surface area contributed by atoms with Gasteiger partial charge < -0.3 is 4.74 Å². The van der Waals surface area contributed by atoms with Gasteiger partial charge in [-0.15, -0.1) is 0 Å². The summed E-state index contributed by atoms with van der Waals surface area (Å²) in [5, 5.41) is -0.819. The lowest BCUT2D eigenvalue weighted by Crippen LogP contribution is -2.29. The van der Waals surface area contributed by atoms with Crippen molar-refractivity contribution in [2.45, 2.75) is 29.6 Å². The van der Waals surface area contributed by atoms with Crippen LogP contribution in [0.3, 0.4) is 0 Å². The van der Waals surface area contributed by atoms with Crippen LogP contribution < -0.4 is 4.74 Å². The Bertz CT molecular complexity index is 850. The quantitative estimate of drug-likeness (QED) is 0.803. The summed E-state index contributed by atoms with van der Waals surface area (Å²) in [4.78, 5) is 0.00983. The zero-order chi connectivity index (χ0) is 16.8. The van der Waals surface area contributed by atoms with Gasteiger partial charge in [0.05, 0.1) is 16.6 Å². The second-order valence-electron chi connectivity index (χ2n) is 5.42. The SMILES string of the molecule is C[C@H]1C[C@H](S(=O)(=O)c2ccc(Cl)cc2)c2c(F)ccc(F)c2O1. The van der Waals surface area contributed by atoms with Crippen molar-refractivity contribution in [1.82, 2.24) is 0 Å². The molecule has 3 rings (SSSR count). The number of halogens is 3. The summed E-state index contributed by atoms with van der Waals surface area (Å²) in [5.41, 5.74) is -0.252. The van der Waals surface area contributed by atoms with Crippen molar-refractivity contribution in [1.29, 1.82) is 0 Å². The number of hydrogen-bond acceptors (Lipinski definition) is 3. The van der Waals surface area contributed by atoms with E-state index in [1.165, 1.54) is 24.3 Å². The molecule has 1 aliphatic heterocycles. The Labute approximate surface area is 137 Å². The van der Waals surface area contributed by atoms with Crippen molar-refractivity contribution in [2.24, 2.45) is 0 Å². The predicted octanol–water partition coefficient (Wildman–Crippen LogP) is 4.30. The second kappa shape index (κ2) is 5.76. The third-order valence-corrected chi connectivity index (χ3v) is 6.16. The number of ether oxygens (including phenoxy) is 1. The van der Waals surface area contributed by atoms with Crippen LogP contribution in [0, 0.1) is 11.6 Å². The molecule has 0 unspecified atom stereocenters. The summed E-state index contributed by atoms with van der Waals surface area (Å²) in [5.74, 6) is -1.90. The summed E-state index contributed by atoms with van der Waals surface area (Å²) in [6.45, 7) is 1.62. The molecule has 0 spiro atoms. The van der Waals surface area contributed by atoms with Crippen LogP contribution in [-0.4, -0.2) is 14.5 Å². The van der Waals surface area contributed by atoms with Crippen molar-refractivity contribution in [2.75, 3.05) is 0 Å². The van der Waals surface area contributed by atoms with Crippen LogP contribution in [0.4, 0.5) is 8.78 Å². The lowest BCUT2D eigenvalue weighted by atomic mass is 10.0. The zero-order valence-corrected chi connectivity index (χ0v) is 13.7. The van der Waals surface area contributed by atoms with E-state index in [0.29, 0.717) is 5.02 Å². The Morgan fingerprint density at radius 1 is 1.09 bits per heavy atom. The van der Waals surface area contributed by atoms with Gasteiger partial charge in [0, 0.05) is 11.4 Å². The van der Waals surface area contributed by atoms with Crippen LogP contribution in [-0.2, 0) is 9.84 Å². The largest absolute Gasteiger partial charge is 0.487 e. The minimum absolute atomic E-state index is 0.00983. The van der Waals surface area contributed by atoms with E-state index in [4.69, 9.17) is 16.3 Å². The molecule has 0 amide bonds. The second-order valence-corrected chi connectivity index (χ2v) is 7.99. The summed E-state index contributed by atoms with van der Waals surface area (Å²) in [6, 6.07) is 7.44. The van der Waals surface area contributed by atoms with E-state index in [-0.39, 0.29) is 22.6 Å². The molecule has 0 radical (unpaired) electrons. The Balaban J connectivity index is 2.18. The van der Waals surface area contributed by atoms with Gasteiger partial charge in [-0.05, 0) is 43.3 Å². The maximum Gasteiger partial charge on any atom is 0.185 e. The molecule has 2 aromatic carbocycles. The molecular formula is C16H13ClF2O3S. The van der Waals surface area contributed by atoms with Crippen LogP contribution in [0.25, 0.3) is 0 Å². The molecule has 0 saturated carbocycles. The molecule has 3 nitrogen and oxygen atoms in total. The third-order valence-electron chi connectivity index (χ3n) is 3.80. The highest BCUT2D eigenvalue weighted by Gasteiger charge is 2.40. The molecular weight excluding hydrogens is 346 g/mol. The molecule has 1 aliphatic rings. The average Bonchev–Trinajstić information content (AvgIpc) is 2.51. The molecule has 1 heterocycles. The van der Waals surface area contributed by atoms with Crippen molar-refractivity contribution < 1.29 is 21.9 Å². The highest BCUT2D eigenvalue weighted by Crippen LogP contribution is 2.44. The Morgan fingerprint density at radius 3 is 2.35 bits per heavy atom. The number of rotatable bonds is 2. The molecule has 0 saturated heterocycles. The first kappa shape index (κ1) is 16.2. The molecule has 23 heavy (non-hydrogen) atoms. The Kier molecular flexibility index (Phi) is 4.06. The van der Waals surface area contributed by atoms with E-state index in [0.717, 1.165) is 12.1 Å². The lowest BCUT2D eigenvalue weighted by Gasteiger charge is -2.30. The third kappa shape index (κ3) is 2.81. The van der Waals surface area contributed by atoms with Gasteiger partial charge in [0.15, 0.2) is 21.4 Å². The smallest absolute Gasteiger partial charge is 0.185 e. The minimum Gasteiger partial charge on any atom is -0.487 e. The van der Waals surface area contributed by atoms with E-state index >= 15 is 0 Å². The maximum absolute atomic E-state index is 14.2. The van der Waals surface area contributed by atoms with Crippen LogP contribution in [0.5, 0.6) is 5.75 Å². The summed E-state index contributed by atoms with van der Waals surface area (Å²) < 4.78 is 59.2. The van der Waals surface area contributed by atoms with Crippen LogP contribution in [0.1, 0.15) is 24.2 Å². The van der Waals surface area contributed by atoms with Gasteiger partial charge in [-0.1, -0.05) is 11.6 Å². The molecule has 7 heteroatoms. The standard InChI is InChI=1S/C16H13ClF2O3S/c1-9-8-14(15-12(18)6-7-13(19)16(15)22-9)23(20,21)11-4-2-10(17)3-5-11/h2-7,9,14H,8H2,1H3/t9-,14-/m0/s1. The summed E-state index contributed by atoms with van der Waals surface area (Å²) in [7, 11) is -3.91. The van der Waals surface area contributed by atoms with Crippen LogP contribution >= 0.6 is 11.6 Å². The molecule has 0 fully saturated rings. The van der Waals surface area contributed by atoms with Crippen molar-refractivity contribution in [3.8, 4) is 5.75 Å². The first-order valence-electron chi connectivity index (χ1n) is 6.94. The van der Waals surface area contributed by atoms with Gasteiger partial charge in [0.25, 0.3) is 0 Å². The predicted molar refractivity (Wildman–Crippen MR) is 82.4 cm³/mol. The van der Waals surface area contributed by atoms with Crippen molar-refractivity contribution >= 4 is 21.4 Å². The van der Waals surface area contributed by atoms with E-state index in [1.54, 1.807) is 6.92 Å². The Morgan fingerprint density at radius 2 is 1.70 bits per heavy atom. The summed E-state index contributed by atoms with van der Waals surface area (Å²) in [6.07, 6.45) is -0.510. The summed E-state index contributed by atoms with van der Waals surface area (Å²) >= 11 is 5.77. The highest BCUT2D eigenvalue weighted by molar-refractivity contribution is 7.91. The van der Waals surface area contributed by atoms with E-state index in [9.17, 15) is 17.2 Å². The molecule has 122 valence electrons. The maximum atomic E-state index is 14.2. The number of fused-ring (bicyclic) bond motifs is 1. The molecule has 0 N–H and O–H groups in total. The van der Waals surface area contributed by atoms with Gasteiger partial charge >= 0.3 is 0 Å². The number of sulfone groups is 1. The van der Waals surface area contributed by atoms with E-state index in [2.05, 4.69) is 0 Å². The van der Waals surface area contributed by atoms with E-state index < -0.39 is 32.8 Å². The molecule has 0 bridgehead atoms. The van der Waals surface area contributed by atoms with Gasteiger partial charge in [-0.25, -0.2) is 17.2 Å². The van der Waals surface area contributed by atoms with Crippen molar-refractivity contribution in [3.63, 3.8) is 0 Å². The lowest BCUT2D eigenvalue weighted by molar-refractivity contribution is 0.177.